The van der Waals surface area contributed by atoms with E-state index >= 15 is 0 Å². The van der Waals surface area contributed by atoms with Crippen molar-refractivity contribution in [1.29, 1.82) is 0 Å². The summed E-state index contributed by atoms with van der Waals surface area (Å²) in [5.74, 6) is 0.921. The van der Waals surface area contributed by atoms with Crippen LogP contribution >= 0.6 is 15.9 Å². The molecule has 0 aliphatic carbocycles. The number of aryl methyl sites for hydroxylation is 1. The van der Waals surface area contributed by atoms with Crippen LogP contribution in [0, 0.1) is 0 Å². The topological polar surface area (TPSA) is 29.5 Å². The molecule has 0 aliphatic heterocycles. The minimum absolute atomic E-state index is 0.220. The highest BCUT2D eigenvalue weighted by atomic mass is 79.9. The largest absolute Gasteiger partial charge is 0.494 e. The second-order valence-electron chi connectivity index (χ2n) is 3.01. The van der Waals surface area contributed by atoms with E-state index in [0.29, 0.717) is 6.61 Å². The molecule has 0 saturated heterocycles. The van der Waals surface area contributed by atoms with E-state index in [1.54, 1.807) is 0 Å². The Morgan fingerprint density at radius 1 is 1.43 bits per heavy atom. The predicted molar refractivity (Wildman–Crippen MR) is 60.7 cm³/mol. The van der Waals surface area contributed by atoms with Crippen LogP contribution in [0.3, 0.4) is 0 Å². The second kappa shape index (κ2) is 6.04. The van der Waals surface area contributed by atoms with Gasteiger partial charge in [0.2, 0.25) is 0 Å². The number of ether oxygens (including phenoxy) is 1. The lowest BCUT2D eigenvalue weighted by molar-refractivity contribution is 0.286. The molecule has 0 spiro atoms. The Bertz CT molecular complexity index is 287. The van der Waals surface area contributed by atoms with Gasteiger partial charge in [0, 0.05) is 11.1 Å². The summed E-state index contributed by atoms with van der Waals surface area (Å²) in [6.45, 7) is 2.86. The van der Waals surface area contributed by atoms with Gasteiger partial charge < -0.3 is 9.84 Å². The Morgan fingerprint density at radius 3 is 2.86 bits per heavy atom. The van der Waals surface area contributed by atoms with Gasteiger partial charge >= 0.3 is 0 Å². The van der Waals surface area contributed by atoms with E-state index in [2.05, 4.69) is 15.9 Å². The average molecular weight is 259 g/mol. The zero-order chi connectivity index (χ0) is 10.4. The van der Waals surface area contributed by atoms with Crippen molar-refractivity contribution in [2.75, 3.05) is 13.2 Å². The number of rotatable bonds is 5. The third-order valence-corrected chi connectivity index (χ3v) is 2.42. The van der Waals surface area contributed by atoms with Crippen LogP contribution in [0.25, 0.3) is 0 Å². The molecule has 78 valence electrons. The van der Waals surface area contributed by atoms with Crippen LogP contribution < -0.4 is 4.74 Å². The first-order valence-electron chi connectivity index (χ1n) is 4.80. The molecule has 1 N–H and O–H groups in total. The number of aliphatic hydroxyl groups is 1. The lowest BCUT2D eigenvalue weighted by Gasteiger charge is -2.09. The SMILES string of the molecule is CCOc1ccc(Br)cc1CCCO. The van der Waals surface area contributed by atoms with Gasteiger partial charge in [-0.3, -0.25) is 0 Å². The first-order chi connectivity index (χ1) is 6.77. The van der Waals surface area contributed by atoms with Gasteiger partial charge in [0.15, 0.2) is 0 Å². The molecule has 14 heavy (non-hydrogen) atoms. The summed E-state index contributed by atoms with van der Waals surface area (Å²) in [4.78, 5) is 0. The first-order valence-corrected chi connectivity index (χ1v) is 5.59. The molecule has 0 amide bonds. The molecule has 0 radical (unpaired) electrons. The van der Waals surface area contributed by atoms with Crippen molar-refractivity contribution >= 4 is 15.9 Å². The molecule has 0 aromatic heterocycles. The highest BCUT2D eigenvalue weighted by molar-refractivity contribution is 9.10. The summed E-state index contributed by atoms with van der Waals surface area (Å²) >= 11 is 3.42. The summed E-state index contributed by atoms with van der Waals surface area (Å²) < 4.78 is 6.54. The summed E-state index contributed by atoms with van der Waals surface area (Å²) in [5, 5.41) is 8.77. The minimum atomic E-state index is 0.220. The van der Waals surface area contributed by atoms with Gasteiger partial charge in [0.1, 0.15) is 5.75 Å². The molecule has 0 aliphatic rings. The summed E-state index contributed by atoms with van der Waals surface area (Å²) in [6, 6.07) is 5.97. The van der Waals surface area contributed by atoms with E-state index in [9.17, 15) is 0 Å². The molecule has 0 unspecified atom stereocenters. The zero-order valence-electron chi connectivity index (χ0n) is 8.29. The summed E-state index contributed by atoms with van der Waals surface area (Å²) in [7, 11) is 0. The van der Waals surface area contributed by atoms with Crippen LogP contribution in [0.15, 0.2) is 22.7 Å². The standard InChI is InChI=1S/C11H15BrO2/c1-2-14-11-6-5-10(12)8-9(11)4-3-7-13/h5-6,8,13H,2-4,7H2,1H3. The molecule has 0 bridgehead atoms. The summed E-state index contributed by atoms with van der Waals surface area (Å²) in [6.07, 6.45) is 1.63. The maximum absolute atomic E-state index is 8.77. The third-order valence-electron chi connectivity index (χ3n) is 1.93. The van der Waals surface area contributed by atoms with Crippen LogP contribution in [0.1, 0.15) is 18.9 Å². The Balaban J connectivity index is 2.79. The highest BCUT2D eigenvalue weighted by Gasteiger charge is 2.03. The van der Waals surface area contributed by atoms with Crippen molar-refractivity contribution in [3.05, 3.63) is 28.2 Å². The quantitative estimate of drug-likeness (QED) is 0.881. The number of hydrogen-bond donors (Lipinski definition) is 1. The van der Waals surface area contributed by atoms with Gasteiger partial charge in [0.05, 0.1) is 6.61 Å². The van der Waals surface area contributed by atoms with E-state index in [4.69, 9.17) is 9.84 Å². The lowest BCUT2D eigenvalue weighted by atomic mass is 10.1. The fraction of sp³-hybridized carbons (Fsp3) is 0.455. The van der Waals surface area contributed by atoms with Crippen molar-refractivity contribution < 1.29 is 9.84 Å². The van der Waals surface area contributed by atoms with Crippen molar-refractivity contribution in [2.45, 2.75) is 19.8 Å². The summed E-state index contributed by atoms with van der Waals surface area (Å²) in [5.41, 5.74) is 1.15. The van der Waals surface area contributed by atoms with Gasteiger partial charge in [-0.1, -0.05) is 15.9 Å². The molecular formula is C11H15BrO2. The van der Waals surface area contributed by atoms with Crippen LogP contribution in [0.2, 0.25) is 0 Å². The van der Waals surface area contributed by atoms with Gasteiger partial charge in [-0.25, -0.2) is 0 Å². The van der Waals surface area contributed by atoms with Crippen LogP contribution in [-0.4, -0.2) is 18.3 Å². The molecule has 2 nitrogen and oxygen atoms in total. The predicted octanol–water partition coefficient (Wildman–Crippen LogP) is 2.77. The van der Waals surface area contributed by atoms with E-state index in [1.807, 2.05) is 25.1 Å². The number of halogens is 1. The minimum Gasteiger partial charge on any atom is -0.494 e. The fourth-order valence-electron chi connectivity index (χ4n) is 1.31. The highest BCUT2D eigenvalue weighted by Crippen LogP contribution is 2.24. The molecule has 1 rings (SSSR count). The molecule has 0 saturated carbocycles. The molecule has 1 aromatic rings. The van der Waals surface area contributed by atoms with E-state index in [-0.39, 0.29) is 6.61 Å². The normalized spacial score (nSPS) is 10.2. The molecule has 3 heteroatoms. The lowest BCUT2D eigenvalue weighted by Crippen LogP contribution is -1.98. The molecule has 0 heterocycles. The van der Waals surface area contributed by atoms with Gasteiger partial charge in [-0.15, -0.1) is 0 Å². The first kappa shape index (κ1) is 11.5. The Morgan fingerprint density at radius 2 is 2.21 bits per heavy atom. The Labute approximate surface area is 93.0 Å². The van der Waals surface area contributed by atoms with Gasteiger partial charge in [-0.05, 0) is 43.5 Å². The Kier molecular flexibility index (Phi) is 4.98. The number of hydrogen-bond acceptors (Lipinski definition) is 2. The monoisotopic (exact) mass is 258 g/mol. The van der Waals surface area contributed by atoms with E-state index in [0.717, 1.165) is 28.6 Å². The Hall–Kier alpha value is -0.540. The molecule has 0 atom stereocenters. The zero-order valence-corrected chi connectivity index (χ0v) is 9.88. The third kappa shape index (κ3) is 3.31. The van der Waals surface area contributed by atoms with Crippen molar-refractivity contribution in [1.82, 2.24) is 0 Å². The van der Waals surface area contributed by atoms with Crippen LogP contribution in [-0.2, 0) is 6.42 Å². The second-order valence-corrected chi connectivity index (χ2v) is 3.93. The molecule has 0 fully saturated rings. The fourth-order valence-corrected chi connectivity index (χ4v) is 1.72. The van der Waals surface area contributed by atoms with Crippen LogP contribution in [0.5, 0.6) is 5.75 Å². The molecular weight excluding hydrogens is 244 g/mol. The van der Waals surface area contributed by atoms with E-state index in [1.165, 1.54) is 0 Å². The van der Waals surface area contributed by atoms with Crippen molar-refractivity contribution in [2.24, 2.45) is 0 Å². The van der Waals surface area contributed by atoms with Crippen LogP contribution in [0.4, 0.5) is 0 Å². The van der Waals surface area contributed by atoms with Crippen molar-refractivity contribution in [3.8, 4) is 5.75 Å². The maximum Gasteiger partial charge on any atom is 0.122 e. The van der Waals surface area contributed by atoms with Gasteiger partial charge in [0.25, 0.3) is 0 Å². The average Bonchev–Trinajstić information content (AvgIpc) is 2.18. The number of aliphatic hydroxyl groups excluding tert-OH is 1. The molecule has 1 aromatic carbocycles. The number of benzene rings is 1. The van der Waals surface area contributed by atoms with E-state index < -0.39 is 0 Å². The maximum atomic E-state index is 8.77. The smallest absolute Gasteiger partial charge is 0.122 e. The van der Waals surface area contributed by atoms with Gasteiger partial charge in [-0.2, -0.15) is 0 Å². The van der Waals surface area contributed by atoms with Crippen molar-refractivity contribution in [3.63, 3.8) is 0 Å².